The standard InChI is InChI=1S/C29H27N5O4/c1-18-25(27(38-34-18)21-10-6-3-7-11-21)28(36)33-24(14-19-8-4-2-5-9-19)26(35)29(37)30-16-20-12-13-22-23(15-20)32-17-31-22/h2-13,15,17,24,26,35H,14,16H2,1H3,(H,30,37)(H,31,32)(H,33,36). The van der Waals surface area contributed by atoms with E-state index >= 15 is 0 Å². The monoisotopic (exact) mass is 509 g/mol. The minimum atomic E-state index is -1.50. The van der Waals surface area contributed by atoms with Gasteiger partial charge in [-0.3, -0.25) is 9.59 Å². The molecule has 2 aromatic heterocycles. The van der Waals surface area contributed by atoms with Crippen molar-refractivity contribution in [1.29, 1.82) is 0 Å². The number of hydrogen-bond donors (Lipinski definition) is 4. The number of aliphatic hydroxyl groups is 1. The molecule has 5 aromatic rings. The predicted molar refractivity (Wildman–Crippen MR) is 142 cm³/mol. The van der Waals surface area contributed by atoms with Crippen molar-refractivity contribution >= 4 is 22.8 Å². The van der Waals surface area contributed by atoms with Crippen LogP contribution in [-0.2, 0) is 17.8 Å². The maximum absolute atomic E-state index is 13.5. The van der Waals surface area contributed by atoms with Crippen molar-refractivity contribution in [3.05, 3.63) is 108 Å². The van der Waals surface area contributed by atoms with Gasteiger partial charge in [-0.25, -0.2) is 4.98 Å². The Kier molecular flexibility index (Phi) is 7.28. The van der Waals surface area contributed by atoms with E-state index in [0.717, 1.165) is 22.2 Å². The summed E-state index contributed by atoms with van der Waals surface area (Å²) in [6.07, 6.45) is 0.343. The van der Waals surface area contributed by atoms with Gasteiger partial charge in [0.25, 0.3) is 11.8 Å². The smallest absolute Gasteiger partial charge is 0.257 e. The van der Waals surface area contributed by atoms with E-state index < -0.39 is 24.0 Å². The van der Waals surface area contributed by atoms with Crippen LogP contribution in [0, 0.1) is 6.92 Å². The number of H-pyrrole nitrogens is 1. The Morgan fingerprint density at radius 1 is 1.00 bits per heavy atom. The largest absolute Gasteiger partial charge is 0.381 e. The quantitative estimate of drug-likeness (QED) is 0.240. The summed E-state index contributed by atoms with van der Waals surface area (Å²) in [7, 11) is 0. The first-order chi connectivity index (χ1) is 18.5. The predicted octanol–water partition coefficient (Wildman–Crippen LogP) is 3.54. The number of aromatic nitrogens is 3. The Balaban J connectivity index is 1.34. The molecule has 5 rings (SSSR count). The molecule has 9 heteroatoms. The summed E-state index contributed by atoms with van der Waals surface area (Å²) in [5.74, 6) is -0.756. The molecule has 2 unspecified atom stereocenters. The number of hydrogen-bond acceptors (Lipinski definition) is 6. The number of aryl methyl sites for hydroxylation is 1. The lowest BCUT2D eigenvalue weighted by Gasteiger charge is -2.24. The van der Waals surface area contributed by atoms with Crippen LogP contribution in [0.3, 0.4) is 0 Å². The molecule has 0 bridgehead atoms. The van der Waals surface area contributed by atoms with E-state index in [0.29, 0.717) is 17.0 Å². The minimum Gasteiger partial charge on any atom is -0.381 e. The summed E-state index contributed by atoms with van der Waals surface area (Å²) in [5.41, 5.74) is 4.75. The van der Waals surface area contributed by atoms with E-state index in [4.69, 9.17) is 4.52 Å². The number of nitrogens with zero attached hydrogens (tertiary/aromatic N) is 2. The van der Waals surface area contributed by atoms with Crippen molar-refractivity contribution in [1.82, 2.24) is 25.8 Å². The van der Waals surface area contributed by atoms with Gasteiger partial charge in [0.2, 0.25) is 0 Å². The Morgan fingerprint density at radius 3 is 2.50 bits per heavy atom. The molecule has 0 spiro atoms. The van der Waals surface area contributed by atoms with Crippen LogP contribution in [-0.4, -0.2) is 44.2 Å². The lowest BCUT2D eigenvalue weighted by molar-refractivity contribution is -0.130. The van der Waals surface area contributed by atoms with E-state index in [9.17, 15) is 14.7 Å². The zero-order chi connectivity index (χ0) is 26.5. The molecule has 0 aliphatic heterocycles. The van der Waals surface area contributed by atoms with E-state index in [2.05, 4.69) is 25.8 Å². The molecular formula is C29H27N5O4. The van der Waals surface area contributed by atoms with Gasteiger partial charge in [-0.2, -0.15) is 0 Å². The highest BCUT2D eigenvalue weighted by Crippen LogP contribution is 2.26. The highest BCUT2D eigenvalue weighted by molar-refractivity contribution is 6.01. The number of amides is 2. The Bertz CT molecular complexity index is 1550. The summed E-state index contributed by atoms with van der Waals surface area (Å²) < 4.78 is 5.46. The fourth-order valence-corrected chi connectivity index (χ4v) is 4.34. The van der Waals surface area contributed by atoms with Crippen LogP contribution in [0.15, 0.2) is 89.7 Å². The second-order valence-corrected chi connectivity index (χ2v) is 9.02. The van der Waals surface area contributed by atoms with Crippen LogP contribution in [0.2, 0.25) is 0 Å². The Hall–Kier alpha value is -4.76. The van der Waals surface area contributed by atoms with E-state index in [1.165, 1.54) is 0 Å². The molecule has 9 nitrogen and oxygen atoms in total. The fourth-order valence-electron chi connectivity index (χ4n) is 4.34. The van der Waals surface area contributed by atoms with Gasteiger partial charge in [-0.05, 0) is 36.6 Å². The SMILES string of the molecule is Cc1noc(-c2ccccc2)c1C(=O)NC(Cc1ccccc1)C(O)C(=O)NCc1ccc2nc[nH]c2c1. The molecule has 2 heterocycles. The first-order valence-corrected chi connectivity index (χ1v) is 12.2. The van der Waals surface area contributed by atoms with Gasteiger partial charge in [-0.15, -0.1) is 0 Å². The van der Waals surface area contributed by atoms with Gasteiger partial charge in [0.05, 0.1) is 29.1 Å². The molecule has 0 aliphatic carbocycles. The van der Waals surface area contributed by atoms with Crippen LogP contribution < -0.4 is 10.6 Å². The fraction of sp³-hybridized carbons (Fsp3) is 0.172. The summed E-state index contributed by atoms with van der Waals surface area (Å²) in [4.78, 5) is 33.7. The molecule has 3 aromatic carbocycles. The van der Waals surface area contributed by atoms with Gasteiger partial charge in [0, 0.05) is 12.1 Å². The Labute approximate surface area is 218 Å². The third-order valence-corrected chi connectivity index (χ3v) is 6.34. The average Bonchev–Trinajstić information content (AvgIpc) is 3.58. The average molecular weight is 510 g/mol. The molecular weight excluding hydrogens is 482 g/mol. The number of benzene rings is 3. The first kappa shape index (κ1) is 24.9. The molecule has 0 saturated heterocycles. The van der Waals surface area contributed by atoms with Crippen molar-refractivity contribution in [2.75, 3.05) is 0 Å². The third kappa shape index (κ3) is 5.47. The molecule has 2 atom stereocenters. The molecule has 38 heavy (non-hydrogen) atoms. The van der Waals surface area contributed by atoms with Crippen LogP contribution in [0.4, 0.5) is 0 Å². The van der Waals surface area contributed by atoms with Crippen molar-refractivity contribution in [2.24, 2.45) is 0 Å². The molecule has 4 N–H and O–H groups in total. The van der Waals surface area contributed by atoms with Gasteiger partial charge < -0.3 is 25.2 Å². The Morgan fingerprint density at radius 2 is 1.74 bits per heavy atom. The molecule has 0 saturated carbocycles. The molecule has 0 aliphatic rings. The van der Waals surface area contributed by atoms with Crippen LogP contribution in [0.5, 0.6) is 0 Å². The number of aliphatic hydroxyl groups excluding tert-OH is 1. The normalized spacial score (nSPS) is 12.7. The maximum Gasteiger partial charge on any atom is 0.257 e. The maximum atomic E-state index is 13.5. The second-order valence-electron chi connectivity index (χ2n) is 9.02. The van der Waals surface area contributed by atoms with Crippen molar-refractivity contribution in [3.8, 4) is 11.3 Å². The summed E-state index contributed by atoms with van der Waals surface area (Å²) in [6.45, 7) is 1.89. The van der Waals surface area contributed by atoms with Crippen molar-refractivity contribution in [2.45, 2.75) is 32.0 Å². The number of aromatic amines is 1. The topological polar surface area (TPSA) is 133 Å². The van der Waals surface area contributed by atoms with Crippen molar-refractivity contribution < 1.29 is 19.2 Å². The number of imidazole rings is 1. The molecule has 0 radical (unpaired) electrons. The first-order valence-electron chi connectivity index (χ1n) is 12.2. The van der Waals surface area contributed by atoms with Crippen molar-refractivity contribution in [3.63, 3.8) is 0 Å². The van der Waals surface area contributed by atoms with Gasteiger partial charge >= 0.3 is 0 Å². The van der Waals surface area contributed by atoms with Crippen LogP contribution >= 0.6 is 0 Å². The number of rotatable bonds is 9. The lowest BCUT2D eigenvalue weighted by atomic mass is 9.99. The molecule has 2 amide bonds. The summed E-state index contributed by atoms with van der Waals surface area (Å²) >= 11 is 0. The number of carbonyl (C=O) groups is 2. The van der Waals surface area contributed by atoms with E-state index in [-0.39, 0.29) is 18.5 Å². The zero-order valence-corrected chi connectivity index (χ0v) is 20.7. The highest BCUT2D eigenvalue weighted by atomic mass is 16.5. The molecule has 192 valence electrons. The summed E-state index contributed by atoms with van der Waals surface area (Å²) in [6, 6.07) is 23.2. The zero-order valence-electron chi connectivity index (χ0n) is 20.7. The second kappa shape index (κ2) is 11.1. The van der Waals surface area contributed by atoms with Crippen LogP contribution in [0.1, 0.15) is 27.2 Å². The minimum absolute atomic E-state index is 0.208. The van der Waals surface area contributed by atoms with Crippen LogP contribution in [0.25, 0.3) is 22.4 Å². The number of carbonyl (C=O) groups excluding carboxylic acids is 2. The molecule has 0 fully saturated rings. The van der Waals surface area contributed by atoms with Gasteiger partial charge in [0.15, 0.2) is 11.9 Å². The number of fused-ring (bicyclic) bond motifs is 1. The third-order valence-electron chi connectivity index (χ3n) is 6.34. The van der Waals surface area contributed by atoms with E-state index in [1.807, 2.05) is 78.9 Å². The van der Waals surface area contributed by atoms with Gasteiger partial charge in [0.1, 0.15) is 5.56 Å². The summed E-state index contributed by atoms with van der Waals surface area (Å²) in [5, 5.41) is 20.7. The van der Waals surface area contributed by atoms with E-state index in [1.54, 1.807) is 13.3 Å². The van der Waals surface area contributed by atoms with Gasteiger partial charge in [-0.1, -0.05) is 71.9 Å². The lowest BCUT2D eigenvalue weighted by Crippen LogP contribution is -2.51. The highest BCUT2D eigenvalue weighted by Gasteiger charge is 2.31. The number of nitrogens with one attached hydrogen (secondary N) is 3.